The Morgan fingerprint density at radius 3 is 2.54 bits per heavy atom. The Balaban J connectivity index is 2.06. The molecule has 0 saturated heterocycles. The molecule has 1 aliphatic heterocycles. The van der Waals surface area contributed by atoms with Gasteiger partial charge in [-0.25, -0.2) is 4.79 Å². The van der Waals surface area contributed by atoms with Crippen molar-refractivity contribution in [2.75, 3.05) is 12.4 Å². The lowest BCUT2D eigenvalue weighted by Gasteiger charge is -2.26. The maximum atomic E-state index is 13.7. The Hall–Kier alpha value is -4.13. The number of fused-ring (bicyclic) bond motifs is 1. The summed E-state index contributed by atoms with van der Waals surface area (Å²) in [5.74, 6) is -2.36. The van der Waals surface area contributed by atoms with E-state index in [0.29, 0.717) is 16.3 Å². The summed E-state index contributed by atoms with van der Waals surface area (Å²) in [4.78, 5) is 38.7. The number of rotatable bonds is 4. The Morgan fingerprint density at radius 2 is 1.91 bits per heavy atom. The summed E-state index contributed by atoms with van der Waals surface area (Å²) < 4.78 is 5.92. The fraction of sp³-hybridized carbons (Fsp3) is 0.120. The summed E-state index contributed by atoms with van der Waals surface area (Å²) in [5.41, 5.74) is 7.77. The highest BCUT2D eigenvalue weighted by Crippen LogP contribution is 2.39. The van der Waals surface area contributed by atoms with Crippen LogP contribution < -0.4 is 25.8 Å². The largest absolute Gasteiger partial charge is 0.466 e. The van der Waals surface area contributed by atoms with E-state index in [1.54, 1.807) is 36.4 Å². The van der Waals surface area contributed by atoms with Crippen molar-refractivity contribution in [2.45, 2.75) is 12.8 Å². The van der Waals surface area contributed by atoms with Crippen molar-refractivity contribution in [3.8, 4) is 6.07 Å². The van der Waals surface area contributed by atoms with Crippen molar-refractivity contribution in [1.29, 1.82) is 5.26 Å². The molecule has 3 N–H and O–H groups in total. The highest BCUT2D eigenvalue weighted by molar-refractivity contribution is 7.07. The second kappa shape index (κ2) is 9.62. The predicted molar refractivity (Wildman–Crippen MR) is 135 cm³/mol. The average Bonchev–Trinajstić information content (AvgIpc) is 3.16. The van der Waals surface area contributed by atoms with Crippen molar-refractivity contribution in [1.82, 2.24) is 4.57 Å². The zero-order chi connectivity index (χ0) is 25.3. The summed E-state index contributed by atoms with van der Waals surface area (Å²) >= 11 is 7.38. The minimum atomic E-state index is -0.942. The maximum Gasteiger partial charge on any atom is 0.332 e. The van der Waals surface area contributed by atoms with Crippen LogP contribution in [0.5, 0.6) is 0 Å². The molecule has 35 heavy (non-hydrogen) atoms. The summed E-state index contributed by atoms with van der Waals surface area (Å²) in [6.45, 7) is 1.92. The lowest BCUT2D eigenvalue weighted by Crippen LogP contribution is -2.41. The molecule has 3 aromatic rings. The topological polar surface area (TPSA) is 127 Å². The molecule has 1 amide bonds. The van der Waals surface area contributed by atoms with Gasteiger partial charge in [0, 0.05) is 16.8 Å². The van der Waals surface area contributed by atoms with Crippen molar-refractivity contribution >= 4 is 58.0 Å². The van der Waals surface area contributed by atoms with Gasteiger partial charge < -0.3 is 15.8 Å². The standard InChI is InChI=1S/C25H19ClN4O4S/c1-13-7-9-14(10-8-13)29-23(32)21-20(15-5-3-4-6-17(15)26)16(12-27)22(28)30-24(33)18(35-25(21)30)11-19(31)34-2/h3-11,20H,28H2,1-2H3,(H,29,32)/b18-11-/t20-/m1/s1. The molecule has 176 valence electrons. The van der Waals surface area contributed by atoms with Gasteiger partial charge in [0.2, 0.25) is 0 Å². The zero-order valence-corrected chi connectivity index (χ0v) is 20.2. The molecule has 10 heteroatoms. The van der Waals surface area contributed by atoms with Gasteiger partial charge in [0.05, 0.1) is 30.2 Å². The number of halogens is 1. The molecule has 1 atom stereocenters. The lowest BCUT2D eigenvalue weighted by atomic mass is 9.83. The number of thiazole rings is 1. The molecule has 4 rings (SSSR count). The molecular formula is C25H19ClN4O4S. The number of hydrogen-bond acceptors (Lipinski definition) is 7. The number of carbonyl (C=O) groups is 2. The second-order valence-corrected chi connectivity index (χ2v) is 9.12. The summed E-state index contributed by atoms with van der Waals surface area (Å²) in [6, 6.07) is 16.0. The molecule has 0 saturated carbocycles. The van der Waals surface area contributed by atoms with Crippen LogP contribution in [-0.4, -0.2) is 23.6 Å². The summed E-state index contributed by atoms with van der Waals surface area (Å²) in [7, 11) is 1.19. The maximum absolute atomic E-state index is 13.7. The number of nitriles is 1. The first-order chi connectivity index (χ1) is 16.8. The number of aryl methyl sites for hydroxylation is 1. The molecule has 0 fully saturated rings. The van der Waals surface area contributed by atoms with E-state index in [-0.39, 0.29) is 26.2 Å². The number of aromatic nitrogens is 1. The number of nitrogens with one attached hydrogen (secondary N) is 1. The molecule has 8 nitrogen and oxygen atoms in total. The van der Waals surface area contributed by atoms with Crippen LogP contribution in [0.2, 0.25) is 5.02 Å². The molecular weight excluding hydrogens is 488 g/mol. The average molecular weight is 507 g/mol. The van der Waals surface area contributed by atoms with Crippen LogP contribution >= 0.6 is 22.9 Å². The van der Waals surface area contributed by atoms with E-state index in [9.17, 15) is 19.6 Å². The molecule has 0 bridgehead atoms. The normalized spacial score (nSPS) is 15.4. The minimum absolute atomic E-state index is 0.00698. The first kappa shape index (κ1) is 24.0. The third-order valence-electron chi connectivity index (χ3n) is 5.49. The number of carbonyl (C=O) groups excluding carboxylic acids is 2. The Morgan fingerprint density at radius 1 is 1.23 bits per heavy atom. The smallest absolute Gasteiger partial charge is 0.332 e. The number of nitrogens with two attached hydrogens (primary N) is 1. The molecule has 0 spiro atoms. The Labute approximate surface area is 208 Å². The van der Waals surface area contributed by atoms with Gasteiger partial charge in [-0.1, -0.05) is 47.5 Å². The van der Waals surface area contributed by atoms with E-state index in [1.165, 1.54) is 7.11 Å². The Kier molecular flexibility index (Phi) is 6.60. The van der Waals surface area contributed by atoms with Crippen LogP contribution in [0.3, 0.4) is 0 Å². The van der Waals surface area contributed by atoms with Crippen LogP contribution in [0.4, 0.5) is 5.69 Å². The van der Waals surface area contributed by atoms with Gasteiger partial charge in [0.1, 0.15) is 15.0 Å². The lowest BCUT2D eigenvalue weighted by molar-refractivity contribution is -0.133. The highest BCUT2D eigenvalue weighted by atomic mass is 35.5. The van der Waals surface area contributed by atoms with Gasteiger partial charge in [0.15, 0.2) is 0 Å². The number of ether oxygens (including phenoxy) is 1. The molecule has 0 radical (unpaired) electrons. The molecule has 1 aromatic heterocycles. The first-order valence-electron chi connectivity index (χ1n) is 10.3. The Bertz CT molecular complexity index is 1610. The number of anilines is 1. The van der Waals surface area contributed by atoms with E-state index in [1.807, 2.05) is 19.1 Å². The monoisotopic (exact) mass is 506 g/mol. The summed E-state index contributed by atoms with van der Waals surface area (Å²) in [6.07, 6.45) is 1.03. The molecule has 2 heterocycles. The molecule has 0 aliphatic carbocycles. The van der Waals surface area contributed by atoms with Crippen LogP contribution in [0.1, 0.15) is 17.0 Å². The van der Waals surface area contributed by atoms with Crippen molar-refractivity contribution in [2.24, 2.45) is 5.73 Å². The number of methoxy groups -OCH3 is 1. The van der Waals surface area contributed by atoms with E-state index in [4.69, 9.17) is 17.3 Å². The number of hydrogen-bond donors (Lipinski definition) is 2. The first-order valence-corrected chi connectivity index (χ1v) is 11.5. The molecule has 0 unspecified atom stereocenters. The van der Waals surface area contributed by atoms with Gasteiger partial charge >= 0.3 is 5.97 Å². The van der Waals surface area contributed by atoms with Gasteiger partial charge in [-0.2, -0.15) is 5.26 Å². The van der Waals surface area contributed by atoms with E-state index in [0.717, 1.165) is 27.5 Å². The number of nitrogens with zero attached hydrogens (tertiary/aromatic N) is 2. The van der Waals surface area contributed by atoms with Crippen molar-refractivity contribution in [3.63, 3.8) is 0 Å². The minimum Gasteiger partial charge on any atom is -0.466 e. The van der Waals surface area contributed by atoms with E-state index < -0.39 is 23.4 Å². The number of benzene rings is 2. The molecule has 2 aromatic carbocycles. The summed E-state index contributed by atoms with van der Waals surface area (Å²) in [5, 5.41) is 13.2. The van der Waals surface area contributed by atoms with Crippen molar-refractivity contribution < 1.29 is 14.3 Å². The number of esters is 1. The van der Waals surface area contributed by atoms with Gasteiger partial charge in [-0.05, 0) is 30.7 Å². The van der Waals surface area contributed by atoms with Crippen LogP contribution in [0.15, 0.2) is 58.9 Å². The zero-order valence-electron chi connectivity index (χ0n) is 18.7. The van der Waals surface area contributed by atoms with Gasteiger partial charge in [-0.15, -0.1) is 11.3 Å². The van der Waals surface area contributed by atoms with E-state index in [2.05, 4.69) is 16.1 Å². The molecule has 1 aliphatic rings. The van der Waals surface area contributed by atoms with Crippen LogP contribution in [-0.2, 0) is 14.3 Å². The fourth-order valence-corrected chi connectivity index (χ4v) is 5.17. The van der Waals surface area contributed by atoms with Gasteiger partial charge in [0.25, 0.3) is 11.5 Å². The predicted octanol–water partition coefficient (Wildman–Crippen LogP) is 2.06. The number of allylic oxidation sites excluding steroid dienone is 1. The van der Waals surface area contributed by atoms with Gasteiger partial charge in [-0.3, -0.25) is 14.2 Å². The third-order valence-corrected chi connectivity index (χ3v) is 6.94. The number of amides is 1. The fourth-order valence-electron chi connectivity index (χ4n) is 3.79. The quantitative estimate of drug-likeness (QED) is 0.521. The van der Waals surface area contributed by atoms with Crippen LogP contribution in [0, 0.1) is 18.3 Å². The van der Waals surface area contributed by atoms with Crippen molar-refractivity contribution in [3.05, 3.63) is 89.8 Å². The third kappa shape index (κ3) is 4.37. The van der Waals surface area contributed by atoms with Crippen LogP contribution in [0.25, 0.3) is 17.5 Å². The SMILES string of the molecule is COC(=O)/C=c1\sc2n(c1=O)C(N)=C(C#N)[C@@H](c1ccccc1Cl)C=2C(=O)Nc1ccc(C)cc1. The van der Waals surface area contributed by atoms with E-state index >= 15 is 0 Å². The highest BCUT2D eigenvalue weighted by Gasteiger charge is 2.36. The second-order valence-electron chi connectivity index (χ2n) is 7.68.